The van der Waals surface area contributed by atoms with Crippen molar-refractivity contribution in [2.45, 2.75) is 37.0 Å². The van der Waals surface area contributed by atoms with Crippen LogP contribution in [0.4, 0.5) is 13.6 Å². The predicted octanol–water partition coefficient (Wildman–Crippen LogP) is 3.91. The first-order chi connectivity index (χ1) is 17.3. The summed E-state index contributed by atoms with van der Waals surface area (Å²) in [5.41, 5.74) is 2.43. The van der Waals surface area contributed by atoms with Gasteiger partial charge in [-0.05, 0) is 59.4 Å². The number of rotatable bonds is 7. The summed E-state index contributed by atoms with van der Waals surface area (Å²) < 4.78 is 32.9. The molecule has 3 aromatic rings. The SMILES string of the molecule is O=C1NC2(CCc3ccccc3C2)C(=O)N1CC(O)COC(c1ccc(F)cc1)c1ccc(F)cc1. The average molecular weight is 493 g/mol. The molecule has 1 aliphatic carbocycles. The number of hydrogen-bond acceptors (Lipinski definition) is 4. The molecule has 2 N–H and O–H groups in total. The lowest BCUT2D eigenvalue weighted by Crippen LogP contribution is -2.51. The van der Waals surface area contributed by atoms with E-state index in [4.69, 9.17) is 4.74 Å². The fourth-order valence-corrected chi connectivity index (χ4v) is 5.00. The lowest BCUT2D eigenvalue weighted by atomic mass is 9.78. The maximum atomic E-state index is 13.4. The second-order valence-electron chi connectivity index (χ2n) is 9.34. The minimum atomic E-state index is -1.16. The fourth-order valence-electron chi connectivity index (χ4n) is 5.00. The van der Waals surface area contributed by atoms with Crippen molar-refractivity contribution in [2.24, 2.45) is 0 Å². The second-order valence-corrected chi connectivity index (χ2v) is 9.34. The zero-order chi connectivity index (χ0) is 25.3. The van der Waals surface area contributed by atoms with E-state index in [1.807, 2.05) is 24.3 Å². The smallest absolute Gasteiger partial charge is 0.325 e. The number of fused-ring (bicyclic) bond motifs is 1. The molecule has 1 spiro atoms. The van der Waals surface area contributed by atoms with Crippen LogP contribution in [0.3, 0.4) is 0 Å². The van der Waals surface area contributed by atoms with Crippen molar-refractivity contribution in [3.8, 4) is 0 Å². The van der Waals surface area contributed by atoms with Crippen LogP contribution in [0.5, 0.6) is 0 Å². The van der Waals surface area contributed by atoms with Gasteiger partial charge in [0.1, 0.15) is 23.3 Å². The predicted molar refractivity (Wildman–Crippen MR) is 128 cm³/mol. The summed E-state index contributed by atoms with van der Waals surface area (Å²) in [5.74, 6) is -1.17. The number of carbonyl (C=O) groups excluding carboxylic acids is 2. The Labute approximate surface area is 207 Å². The van der Waals surface area contributed by atoms with E-state index in [9.17, 15) is 23.5 Å². The number of carbonyl (C=O) groups is 2. The molecule has 8 heteroatoms. The monoisotopic (exact) mass is 492 g/mol. The minimum Gasteiger partial charge on any atom is -0.389 e. The molecular formula is C28H26F2N2O4. The molecule has 0 bridgehead atoms. The number of benzene rings is 3. The van der Waals surface area contributed by atoms with Gasteiger partial charge in [0.15, 0.2) is 0 Å². The molecule has 1 aliphatic heterocycles. The van der Waals surface area contributed by atoms with Crippen molar-refractivity contribution in [3.63, 3.8) is 0 Å². The Balaban J connectivity index is 1.27. The maximum Gasteiger partial charge on any atom is 0.325 e. The topological polar surface area (TPSA) is 78.9 Å². The van der Waals surface area contributed by atoms with Crippen LogP contribution in [0.1, 0.15) is 34.8 Å². The molecule has 5 rings (SSSR count). The van der Waals surface area contributed by atoms with Crippen molar-refractivity contribution >= 4 is 11.9 Å². The highest BCUT2D eigenvalue weighted by atomic mass is 19.1. The Kier molecular flexibility index (Phi) is 6.55. The molecular weight excluding hydrogens is 466 g/mol. The van der Waals surface area contributed by atoms with Gasteiger partial charge in [-0.15, -0.1) is 0 Å². The van der Waals surface area contributed by atoms with Crippen LogP contribution in [0, 0.1) is 11.6 Å². The fraction of sp³-hybridized carbons (Fsp3) is 0.286. The third-order valence-electron chi connectivity index (χ3n) is 6.87. The molecule has 36 heavy (non-hydrogen) atoms. The van der Waals surface area contributed by atoms with Crippen LogP contribution in [-0.2, 0) is 22.4 Å². The van der Waals surface area contributed by atoms with Crippen LogP contribution in [0.15, 0.2) is 72.8 Å². The van der Waals surface area contributed by atoms with Crippen molar-refractivity contribution in [1.82, 2.24) is 10.2 Å². The molecule has 2 atom stereocenters. The van der Waals surface area contributed by atoms with E-state index in [0.29, 0.717) is 30.4 Å². The first-order valence-corrected chi connectivity index (χ1v) is 11.9. The van der Waals surface area contributed by atoms with Gasteiger partial charge >= 0.3 is 6.03 Å². The second kappa shape index (κ2) is 9.79. The number of aryl methyl sites for hydroxylation is 1. The van der Waals surface area contributed by atoms with Crippen molar-refractivity contribution < 1.29 is 28.2 Å². The number of ether oxygens (including phenoxy) is 1. The number of imide groups is 1. The summed E-state index contributed by atoms with van der Waals surface area (Å²) in [6.07, 6.45) is -0.277. The first kappa shape index (κ1) is 24.1. The molecule has 2 aliphatic rings. The van der Waals surface area contributed by atoms with Crippen LogP contribution in [-0.4, -0.2) is 46.7 Å². The Morgan fingerprint density at radius 2 is 1.50 bits per heavy atom. The molecule has 0 aromatic heterocycles. The average Bonchev–Trinajstić information content (AvgIpc) is 3.09. The first-order valence-electron chi connectivity index (χ1n) is 11.9. The molecule has 2 unspecified atom stereocenters. The van der Waals surface area contributed by atoms with Gasteiger partial charge in [0.2, 0.25) is 0 Å². The van der Waals surface area contributed by atoms with Crippen LogP contribution in [0.2, 0.25) is 0 Å². The van der Waals surface area contributed by atoms with E-state index in [-0.39, 0.29) is 19.1 Å². The van der Waals surface area contributed by atoms with Crippen molar-refractivity contribution in [1.29, 1.82) is 0 Å². The lowest BCUT2D eigenvalue weighted by Gasteiger charge is -2.32. The van der Waals surface area contributed by atoms with Gasteiger partial charge in [0, 0.05) is 6.42 Å². The highest BCUT2D eigenvalue weighted by Gasteiger charge is 2.52. The Morgan fingerprint density at radius 3 is 2.11 bits per heavy atom. The van der Waals surface area contributed by atoms with Crippen LogP contribution in [0.25, 0.3) is 0 Å². The highest BCUT2D eigenvalue weighted by Crippen LogP contribution is 2.34. The third-order valence-corrected chi connectivity index (χ3v) is 6.87. The number of aliphatic hydroxyl groups is 1. The standard InChI is InChI=1S/C28H26F2N2O4/c29-22-9-5-19(6-10-22)25(20-7-11-23(30)12-8-20)36-17-24(33)16-32-26(34)28(31-27(32)35)14-13-18-3-1-2-4-21(18)15-28/h1-12,24-25,33H,13-17H2,(H,31,35). The third kappa shape index (κ3) is 4.74. The van der Waals surface area contributed by atoms with Gasteiger partial charge in [-0.1, -0.05) is 48.5 Å². The summed E-state index contributed by atoms with van der Waals surface area (Å²) in [6, 6.07) is 18.7. The summed E-state index contributed by atoms with van der Waals surface area (Å²) >= 11 is 0. The number of β-amino-alcohol motifs (C(OH)–C–C–N with tert-alkyl or cyclic N) is 1. The number of nitrogens with zero attached hydrogens (tertiary/aromatic N) is 1. The quantitative estimate of drug-likeness (QED) is 0.491. The molecule has 0 saturated carbocycles. The Morgan fingerprint density at radius 1 is 0.917 bits per heavy atom. The van der Waals surface area contributed by atoms with Gasteiger partial charge in [0.05, 0.1) is 19.3 Å². The number of halogens is 2. The lowest BCUT2D eigenvalue weighted by molar-refractivity contribution is -0.133. The molecule has 0 radical (unpaired) electrons. The Bertz CT molecular complexity index is 1220. The normalized spacial score (nSPS) is 20.1. The summed E-state index contributed by atoms with van der Waals surface area (Å²) in [7, 11) is 0. The van der Waals surface area contributed by atoms with Gasteiger partial charge in [-0.3, -0.25) is 9.69 Å². The summed E-state index contributed by atoms with van der Waals surface area (Å²) in [4.78, 5) is 27.1. The van der Waals surface area contributed by atoms with E-state index in [1.54, 1.807) is 24.3 Å². The minimum absolute atomic E-state index is 0.202. The van der Waals surface area contributed by atoms with Crippen LogP contribution < -0.4 is 5.32 Å². The number of urea groups is 1. The van der Waals surface area contributed by atoms with Crippen molar-refractivity contribution in [2.75, 3.05) is 13.2 Å². The van der Waals surface area contributed by atoms with E-state index in [1.165, 1.54) is 29.8 Å². The molecule has 186 valence electrons. The summed E-state index contributed by atoms with van der Waals surface area (Å²) in [6.45, 7) is -0.431. The van der Waals surface area contributed by atoms with E-state index < -0.39 is 35.4 Å². The number of aliphatic hydroxyl groups excluding tert-OH is 1. The zero-order valence-electron chi connectivity index (χ0n) is 19.5. The van der Waals surface area contributed by atoms with Gasteiger partial charge in [-0.2, -0.15) is 0 Å². The van der Waals surface area contributed by atoms with Crippen molar-refractivity contribution in [3.05, 3.63) is 107 Å². The number of nitrogens with one attached hydrogen (secondary N) is 1. The molecule has 1 fully saturated rings. The van der Waals surface area contributed by atoms with E-state index >= 15 is 0 Å². The van der Waals surface area contributed by atoms with E-state index in [0.717, 1.165) is 10.5 Å². The summed E-state index contributed by atoms with van der Waals surface area (Å²) in [5, 5.41) is 13.6. The zero-order valence-corrected chi connectivity index (χ0v) is 19.5. The maximum absolute atomic E-state index is 13.4. The number of hydrogen-bond donors (Lipinski definition) is 2. The van der Waals surface area contributed by atoms with Gasteiger partial charge < -0.3 is 15.2 Å². The Hall–Kier alpha value is -3.62. The van der Waals surface area contributed by atoms with Crippen LogP contribution >= 0.6 is 0 Å². The van der Waals surface area contributed by atoms with E-state index in [2.05, 4.69) is 5.32 Å². The van der Waals surface area contributed by atoms with Gasteiger partial charge in [0.25, 0.3) is 5.91 Å². The van der Waals surface area contributed by atoms with Gasteiger partial charge in [-0.25, -0.2) is 13.6 Å². The molecule has 1 heterocycles. The molecule has 6 nitrogen and oxygen atoms in total. The molecule has 3 amide bonds. The number of amides is 3. The largest absolute Gasteiger partial charge is 0.389 e. The highest BCUT2D eigenvalue weighted by molar-refractivity contribution is 6.07. The molecule has 1 saturated heterocycles. The molecule has 3 aromatic carbocycles.